The zero-order valence-electron chi connectivity index (χ0n) is 20.2. The van der Waals surface area contributed by atoms with E-state index in [9.17, 15) is 9.59 Å². The number of hydrogen-bond acceptors (Lipinski definition) is 4. The Hall–Kier alpha value is -2.70. The van der Waals surface area contributed by atoms with Crippen LogP contribution in [0, 0.1) is 0 Å². The molecule has 0 saturated carbocycles. The topological polar surface area (TPSA) is 55.9 Å². The molecule has 0 radical (unpaired) electrons. The van der Waals surface area contributed by atoms with E-state index in [1.165, 1.54) is 5.56 Å². The number of carbonyl (C=O) groups is 2. The van der Waals surface area contributed by atoms with Crippen molar-refractivity contribution in [3.05, 3.63) is 71.8 Å². The molecule has 182 valence electrons. The molecule has 2 aromatic rings. The molecule has 4 rings (SSSR count). The molecule has 2 saturated heterocycles. The molecule has 0 aliphatic carbocycles. The van der Waals surface area contributed by atoms with Crippen molar-refractivity contribution in [2.45, 2.75) is 44.7 Å². The van der Waals surface area contributed by atoms with Crippen LogP contribution < -0.4 is 5.32 Å². The smallest absolute Gasteiger partial charge is 0.247 e. The van der Waals surface area contributed by atoms with E-state index in [4.69, 9.17) is 0 Å². The summed E-state index contributed by atoms with van der Waals surface area (Å²) in [6, 6.07) is 19.9. The minimum absolute atomic E-state index is 0.0593. The van der Waals surface area contributed by atoms with Crippen molar-refractivity contribution in [3.8, 4) is 0 Å². The fourth-order valence-corrected chi connectivity index (χ4v) is 4.99. The van der Waals surface area contributed by atoms with E-state index in [1.54, 1.807) is 4.90 Å². The van der Waals surface area contributed by atoms with Crippen LogP contribution in [0.5, 0.6) is 0 Å². The summed E-state index contributed by atoms with van der Waals surface area (Å²) in [5, 5.41) is 3.11. The predicted molar refractivity (Wildman–Crippen MR) is 135 cm³/mol. The van der Waals surface area contributed by atoms with Gasteiger partial charge in [0.25, 0.3) is 0 Å². The molecule has 0 aromatic heterocycles. The standard InChI is InChI=1S/C28H38N4O2/c33-26-15-7-9-18-32(26)27(25-13-5-2-6-14-25)28(34)29-16-8-10-17-30-19-21-31(22-20-30)23-24-11-3-1-4-12-24/h1-6,11-14,27H,7-10,15-23H2,(H,29,34). The van der Waals surface area contributed by atoms with Gasteiger partial charge in [0.1, 0.15) is 6.04 Å². The van der Waals surface area contributed by atoms with Crippen molar-refractivity contribution in [2.24, 2.45) is 0 Å². The molecule has 2 heterocycles. The number of likely N-dealkylation sites (tertiary alicyclic amines) is 1. The van der Waals surface area contributed by atoms with Gasteiger partial charge in [0, 0.05) is 52.2 Å². The molecule has 2 aliphatic heterocycles. The number of nitrogens with one attached hydrogen (secondary N) is 1. The Morgan fingerprint density at radius 2 is 1.50 bits per heavy atom. The van der Waals surface area contributed by atoms with Gasteiger partial charge in [-0.2, -0.15) is 0 Å². The highest BCUT2D eigenvalue weighted by atomic mass is 16.2. The van der Waals surface area contributed by atoms with Crippen LogP contribution in [0.25, 0.3) is 0 Å². The first-order valence-corrected chi connectivity index (χ1v) is 12.8. The van der Waals surface area contributed by atoms with Gasteiger partial charge in [0.15, 0.2) is 0 Å². The first kappa shape index (κ1) is 24.4. The SMILES string of the molecule is O=C(NCCCCN1CCN(Cc2ccccc2)CC1)C(c1ccccc1)N1CCCCC1=O. The Labute approximate surface area is 203 Å². The third-order valence-corrected chi connectivity index (χ3v) is 6.95. The van der Waals surface area contributed by atoms with E-state index in [1.807, 2.05) is 30.3 Å². The van der Waals surface area contributed by atoms with Gasteiger partial charge in [-0.05, 0) is 43.4 Å². The summed E-state index contributed by atoms with van der Waals surface area (Å²) < 4.78 is 0. The number of rotatable bonds is 10. The monoisotopic (exact) mass is 462 g/mol. The number of hydrogen-bond donors (Lipinski definition) is 1. The lowest BCUT2D eigenvalue weighted by Crippen LogP contribution is -2.46. The summed E-state index contributed by atoms with van der Waals surface area (Å²) in [5.74, 6) is 0.0256. The molecule has 1 N–H and O–H groups in total. The number of nitrogens with zero attached hydrogens (tertiary/aromatic N) is 3. The van der Waals surface area contributed by atoms with Crippen molar-refractivity contribution < 1.29 is 9.59 Å². The number of carbonyl (C=O) groups excluding carboxylic acids is 2. The van der Waals surface area contributed by atoms with Crippen LogP contribution in [-0.2, 0) is 16.1 Å². The van der Waals surface area contributed by atoms with Crippen LogP contribution in [0.3, 0.4) is 0 Å². The lowest BCUT2D eigenvalue weighted by Gasteiger charge is -2.35. The zero-order chi connectivity index (χ0) is 23.6. The second kappa shape index (κ2) is 12.7. The van der Waals surface area contributed by atoms with Gasteiger partial charge < -0.3 is 15.1 Å². The number of benzene rings is 2. The average Bonchev–Trinajstić information content (AvgIpc) is 2.87. The van der Waals surface area contributed by atoms with Gasteiger partial charge in [0.2, 0.25) is 11.8 Å². The summed E-state index contributed by atoms with van der Waals surface area (Å²) in [7, 11) is 0. The van der Waals surface area contributed by atoms with Crippen molar-refractivity contribution in [1.82, 2.24) is 20.0 Å². The highest BCUT2D eigenvalue weighted by Crippen LogP contribution is 2.25. The van der Waals surface area contributed by atoms with E-state index in [0.717, 1.165) is 70.5 Å². The molecule has 2 amide bonds. The fraction of sp³-hybridized carbons (Fsp3) is 0.500. The van der Waals surface area contributed by atoms with Gasteiger partial charge in [-0.3, -0.25) is 14.5 Å². The van der Waals surface area contributed by atoms with Crippen molar-refractivity contribution >= 4 is 11.8 Å². The Kier molecular flexibility index (Phi) is 9.11. The quantitative estimate of drug-likeness (QED) is 0.550. The van der Waals surface area contributed by atoms with Gasteiger partial charge in [0.05, 0.1) is 0 Å². The summed E-state index contributed by atoms with van der Waals surface area (Å²) in [6.45, 7) is 7.83. The molecule has 6 nitrogen and oxygen atoms in total. The predicted octanol–water partition coefficient (Wildman–Crippen LogP) is 3.45. The van der Waals surface area contributed by atoms with Crippen LogP contribution in [0.2, 0.25) is 0 Å². The highest BCUT2D eigenvalue weighted by Gasteiger charge is 2.32. The van der Waals surface area contributed by atoms with E-state index in [0.29, 0.717) is 19.5 Å². The largest absolute Gasteiger partial charge is 0.354 e. The minimum atomic E-state index is -0.522. The third kappa shape index (κ3) is 6.90. The second-order valence-electron chi connectivity index (χ2n) is 9.46. The van der Waals surface area contributed by atoms with E-state index >= 15 is 0 Å². The van der Waals surface area contributed by atoms with Gasteiger partial charge >= 0.3 is 0 Å². The maximum absolute atomic E-state index is 13.1. The van der Waals surface area contributed by atoms with Crippen LogP contribution >= 0.6 is 0 Å². The summed E-state index contributed by atoms with van der Waals surface area (Å²) in [6.07, 6.45) is 4.43. The number of unbranched alkanes of at least 4 members (excludes halogenated alkanes) is 1. The van der Waals surface area contributed by atoms with Crippen LogP contribution in [0.1, 0.15) is 49.3 Å². The van der Waals surface area contributed by atoms with Crippen molar-refractivity contribution in [1.29, 1.82) is 0 Å². The van der Waals surface area contributed by atoms with Crippen LogP contribution in [0.4, 0.5) is 0 Å². The maximum Gasteiger partial charge on any atom is 0.247 e. The molecule has 0 bridgehead atoms. The summed E-state index contributed by atoms with van der Waals surface area (Å²) in [4.78, 5) is 32.5. The summed E-state index contributed by atoms with van der Waals surface area (Å²) in [5.41, 5.74) is 2.27. The Morgan fingerprint density at radius 3 is 2.21 bits per heavy atom. The zero-order valence-corrected chi connectivity index (χ0v) is 20.2. The Balaban J connectivity index is 1.17. The number of piperidine rings is 1. The normalized spacial score (nSPS) is 18.6. The van der Waals surface area contributed by atoms with Gasteiger partial charge in [-0.1, -0.05) is 60.7 Å². The average molecular weight is 463 g/mol. The molecule has 2 aliphatic rings. The number of amides is 2. The van der Waals surface area contributed by atoms with E-state index in [2.05, 4.69) is 45.4 Å². The van der Waals surface area contributed by atoms with Crippen LogP contribution in [0.15, 0.2) is 60.7 Å². The fourth-order valence-electron chi connectivity index (χ4n) is 4.99. The van der Waals surface area contributed by atoms with Crippen molar-refractivity contribution in [3.63, 3.8) is 0 Å². The maximum atomic E-state index is 13.1. The first-order chi connectivity index (χ1) is 16.7. The van der Waals surface area contributed by atoms with Crippen molar-refractivity contribution in [2.75, 3.05) is 45.8 Å². The second-order valence-corrected chi connectivity index (χ2v) is 9.46. The molecular formula is C28H38N4O2. The lowest BCUT2D eigenvalue weighted by atomic mass is 10.0. The van der Waals surface area contributed by atoms with Crippen LogP contribution in [-0.4, -0.2) is 72.3 Å². The molecule has 2 fully saturated rings. The molecule has 6 heteroatoms. The highest BCUT2D eigenvalue weighted by molar-refractivity contribution is 5.89. The lowest BCUT2D eigenvalue weighted by molar-refractivity contribution is -0.142. The molecule has 34 heavy (non-hydrogen) atoms. The van der Waals surface area contributed by atoms with E-state index < -0.39 is 6.04 Å². The molecular weight excluding hydrogens is 424 g/mol. The first-order valence-electron chi connectivity index (χ1n) is 12.8. The molecule has 2 aromatic carbocycles. The number of piperazine rings is 1. The summed E-state index contributed by atoms with van der Waals surface area (Å²) >= 11 is 0. The Morgan fingerprint density at radius 1 is 0.824 bits per heavy atom. The van der Waals surface area contributed by atoms with Gasteiger partial charge in [-0.25, -0.2) is 0 Å². The molecule has 1 atom stereocenters. The van der Waals surface area contributed by atoms with E-state index in [-0.39, 0.29) is 11.8 Å². The molecule has 0 spiro atoms. The third-order valence-electron chi connectivity index (χ3n) is 6.95. The minimum Gasteiger partial charge on any atom is -0.354 e. The molecule has 1 unspecified atom stereocenters. The van der Waals surface area contributed by atoms with Gasteiger partial charge in [-0.15, -0.1) is 0 Å². The Bertz CT molecular complexity index is 897.